The van der Waals surface area contributed by atoms with Crippen LogP contribution in [-0.4, -0.2) is 30.6 Å². The van der Waals surface area contributed by atoms with Gasteiger partial charge in [-0.1, -0.05) is 36.8 Å². The van der Waals surface area contributed by atoms with Gasteiger partial charge >= 0.3 is 0 Å². The van der Waals surface area contributed by atoms with Crippen LogP contribution >= 0.6 is 0 Å². The number of aryl methyl sites for hydroxylation is 1. The van der Waals surface area contributed by atoms with E-state index in [0.717, 1.165) is 12.0 Å². The molecule has 0 radical (unpaired) electrons. The molecular weight excluding hydrogens is 244 g/mol. The van der Waals surface area contributed by atoms with Crippen molar-refractivity contribution in [3.05, 3.63) is 35.4 Å². The molecule has 2 heteroatoms. The molecular formula is C18H28N2. The summed E-state index contributed by atoms with van der Waals surface area (Å²) in [5.41, 5.74) is 2.79. The molecule has 0 amide bonds. The molecule has 1 N–H and O–H groups in total. The van der Waals surface area contributed by atoms with Crippen molar-refractivity contribution < 1.29 is 0 Å². The maximum atomic E-state index is 3.80. The van der Waals surface area contributed by atoms with Gasteiger partial charge in [0.1, 0.15) is 0 Å². The second-order valence-electron chi connectivity index (χ2n) is 6.66. The molecule has 2 nitrogen and oxygen atoms in total. The van der Waals surface area contributed by atoms with E-state index in [-0.39, 0.29) is 0 Å². The second-order valence-corrected chi connectivity index (χ2v) is 6.66. The number of nitrogens with zero attached hydrogens (tertiary/aromatic N) is 1. The molecule has 0 aromatic heterocycles. The van der Waals surface area contributed by atoms with Crippen molar-refractivity contribution in [2.24, 2.45) is 5.92 Å². The Hall–Kier alpha value is -0.860. The van der Waals surface area contributed by atoms with Crippen LogP contribution in [0.25, 0.3) is 0 Å². The summed E-state index contributed by atoms with van der Waals surface area (Å²) >= 11 is 0. The summed E-state index contributed by atoms with van der Waals surface area (Å²) in [6.45, 7) is 8.27. The smallest absolute Gasteiger partial charge is 0.0317 e. The van der Waals surface area contributed by atoms with E-state index < -0.39 is 0 Å². The van der Waals surface area contributed by atoms with Crippen molar-refractivity contribution >= 4 is 0 Å². The van der Waals surface area contributed by atoms with Crippen LogP contribution in [0.4, 0.5) is 0 Å². The second kappa shape index (κ2) is 6.28. The summed E-state index contributed by atoms with van der Waals surface area (Å²) in [6, 6.07) is 10.5. The Labute approximate surface area is 123 Å². The zero-order valence-electron chi connectivity index (χ0n) is 12.9. The third-order valence-electron chi connectivity index (χ3n) is 4.92. The van der Waals surface area contributed by atoms with Crippen molar-refractivity contribution in [3.63, 3.8) is 0 Å². The van der Waals surface area contributed by atoms with Crippen molar-refractivity contribution in [2.75, 3.05) is 19.6 Å². The van der Waals surface area contributed by atoms with Crippen molar-refractivity contribution in [1.29, 1.82) is 0 Å². The van der Waals surface area contributed by atoms with Gasteiger partial charge in [-0.05, 0) is 57.2 Å². The molecule has 1 saturated heterocycles. The highest BCUT2D eigenvalue weighted by molar-refractivity contribution is 5.24. The van der Waals surface area contributed by atoms with Crippen LogP contribution in [0.3, 0.4) is 0 Å². The van der Waals surface area contributed by atoms with E-state index in [2.05, 4.69) is 48.3 Å². The lowest BCUT2D eigenvalue weighted by Crippen LogP contribution is -2.30. The Morgan fingerprint density at radius 2 is 1.95 bits per heavy atom. The van der Waals surface area contributed by atoms with E-state index in [4.69, 9.17) is 0 Å². The Bertz CT molecular complexity index is 422. The minimum absolute atomic E-state index is 0.519. The Balaban J connectivity index is 1.49. The molecule has 1 aromatic rings. The highest BCUT2D eigenvalue weighted by atomic mass is 15.2. The summed E-state index contributed by atoms with van der Waals surface area (Å²) < 4.78 is 0. The third kappa shape index (κ3) is 3.42. The topological polar surface area (TPSA) is 15.3 Å². The lowest BCUT2D eigenvalue weighted by molar-refractivity contribution is 0.309. The lowest BCUT2D eigenvalue weighted by Gasteiger charge is -2.21. The molecule has 0 spiro atoms. The number of hydrogen-bond donors (Lipinski definition) is 1. The fourth-order valence-corrected chi connectivity index (χ4v) is 3.41. The summed E-state index contributed by atoms with van der Waals surface area (Å²) in [5, 5.41) is 3.80. The standard InChI is InChI=1S/C18H28N2/c1-3-18(16-6-4-14(2)5-7-16)19-12-15-10-11-20(13-15)17-8-9-17/h4-7,15,17-19H,3,8-13H2,1-2H3. The first-order valence-corrected chi connectivity index (χ1v) is 8.30. The molecule has 20 heavy (non-hydrogen) atoms. The molecule has 110 valence electrons. The van der Waals surface area contributed by atoms with E-state index in [1.807, 2.05) is 0 Å². The van der Waals surface area contributed by atoms with Crippen LogP contribution < -0.4 is 5.32 Å². The fraction of sp³-hybridized carbons (Fsp3) is 0.667. The number of likely N-dealkylation sites (tertiary alicyclic amines) is 1. The first-order chi connectivity index (χ1) is 9.76. The molecule has 2 fully saturated rings. The van der Waals surface area contributed by atoms with Crippen LogP contribution in [0.5, 0.6) is 0 Å². The monoisotopic (exact) mass is 272 g/mol. The zero-order chi connectivity index (χ0) is 13.9. The molecule has 3 rings (SSSR count). The molecule has 2 aliphatic rings. The normalized spacial score (nSPS) is 25.0. The summed E-state index contributed by atoms with van der Waals surface area (Å²) in [7, 11) is 0. The summed E-state index contributed by atoms with van der Waals surface area (Å²) in [6.07, 6.45) is 5.44. The predicted molar refractivity (Wildman–Crippen MR) is 84.9 cm³/mol. The minimum Gasteiger partial charge on any atom is -0.310 e. The molecule has 1 aromatic carbocycles. The first kappa shape index (κ1) is 14.1. The highest BCUT2D eigenvalue weighted by Crippen LogP contribution is 2.31. The van der Waals surface area contributed by atoms with Gasteiger partial charge in [0.2, 0.25) is 0 Å². The summed E-state index contributed by atoms with van der Waals surface area (Å²) in [5.74, 6) is 0.857. The van der Waals surface area contributed by atoms with E-state index >= 15 is 0 Å². The molecule has 2 unspecified atom stereocenters. The lowest BCUT2D eigenvalue weighted by atomic mass is 10.0. The average molecular weight is 272 g/mol. The minimum atomic E-state index is 0.519. The van der Waals surface area contributed by atoms with E-state index in [1.54, 1.807) is 0 Å². The van der Waals surface area contributed by atoms with Crippen LogP contribution in [0, 0.1) is 12.8 Å². The van der Waals surface area contributed by atoms with Gasteiger partial charge in [-0.2, -0.15) is 0 Å². The van der Waals surface area contributed by atoms with Crippen molar-refractivity contribution in [2.45, 2.75) is 51.6 Å². The van der Waals surface area contributed by atoms with Gasteiger partial charge in [0.25, 0.3) is 0 Å². The molecule has 1 heterocycles. The SMILES string of the molecule is CCC(NCC1CCN(C2CC2)C1)c1ccc(C)cc1. The van der Waals surface area contributed by atoms with E-state index in [0.29, 0.717) is 6.04 Å². The number of hydrogen-bond acceptors (Lipinski definition) is 2. The maximum absolute atomic E-state index is 3.80. The quantitative estimate of drug-likeness (QED) is 0.852. The largest absolute Gasteiger partial charge is 0.310 e. The Morgan fingerprint density at radius 1 is 1.20 bits per heavy atom. The van der Waals surface area contributed by atoms with Crippen LogP contribution in [0.2, 0.25) is 0 Å². The van der Waals surface area contributed by atoms with Gasteiger partial charge in [-0.3, -0.25) is 0 Å². The summed E-state index contributed by atoms with van der Waals surface area (Å²) in [4.78, 5) is 2.71. The zero-order valence-corrected chi connectivity index (χ0v) is 12.9. The molecule has 2 atom stereocenters. The van der Waals surface area contributed by atoms with E-state index in [9.17, 15) is 0 Å². The Kier molecular flexibility index (Phi) is 4.42. The first-order valence-electron chi connectivity index (χ1n) is 8.30. The van der Waals surface area contributed by atoms with Gasteiger partial charge in [0, 0.05) is 18.6 Å². The van der Waals surface area contributed by atoms with Gasteiger partial charge in [0.05, 0.1) is 0 Å². The average Bonchev–Trinajstić information content (AvgIpc) is 3.21. The highest BCUT2D eigenvalue weighted by Gasteiger charge is 2.34. The van der Waals surface area contributed by atoms with Gasteiger partial charge in [-0.25, -0.2) is 0 Å². The molecule has 1 aliphatic carbocycles. The third-order valence-corrected chi connectivity index (χ3v) is 4.92. The maximum Gasteiger partial charge on any atom is 0.0317 e. The molecule has 1 aliphatic heterocycles. The van der Waals surface area contributed by atoms with Gasteiger partial charge in [0.15, 0.2) is 0 Å². The Morgan fingerprint density at radius 3 is 2.60 bits per heavy atom. The predicted octanol–water partition coefficient (Wildman–Crippen LogP) is 3.52. The van der Waals surface area contributed by atoms with Crippen LogP contribution in [0.15, 0.2) is 24.3 Å². The van der Waals surface area contributed by atoms with Gasteiger partial charge in [-0.15, -0.1) is 0 Å². The van der Waals surface area contributed by atoms with Crippen molar-refractivity contribution in [1.82, 2.24) is 10.2 Å². The van der Waals surface area contributed by atoms with Crippen molar-refractivity contribution in [3.8, 4) is 0 Å². The molecule has 0 bridgehead atoms. The number of rotatable bonds is 6. The van der Waals surface area contributed by atoms with Crippen LogP contribution in [0.1, 0.15) is 49.8 Å². The molecule has 1 saturated carbocycles. The fourth-order valence-electron chi connectivity index (χ4n) is 3.41. The van der Waals surface area contributed by atoms with E-state index in [1.165, 1.54) is 56.4 Å². The number of benzene rings is 1. The van der Waals surface area contributed by atoms with Gasteiger partial charge < -0.3 is 10.2 Å². The number of nitrogens with one attached hydrogen (secondary N) is 1. The van der Waals surface area contributed by atoms with Crippen LogP contribution in [-0.2, 0) is 0 Å².